The van der Waals surface area contributed by atoms with Crippen LogP contribution >= 0.6 is 12.4 Å². The first-order valence-corrected chi connectivity index (χ1v) is 9.97. The number of benzene rings is 2. The maximum atomic E-state index is 12.9. The van der Waals surface area contributed by atoms with Crippen molar-refractivity contribution in [2.24, 2.45) is 5.73 Å². The predicted molar refractivity (Wildman–Crippen MR) is 127 cm³/mol. The molecule has 0 unspecified atom stereocenters. The molecule has 0 saturated heterocycles. The van der Waals surface area contributed by atoms with E-state index in [0.717, 1.165) is 11.1 Å². The predicted octanol–water partition coefficient (Wildman–Crippen LogP) is 4.64. The fraction of sp³-hybridized carbons (Fsp3) is 0.417. The standard InChI is InChI=1S/C24H33N3O2.ClH/c1-23(2,3)18-13-17(14-19(15-18)24(4,5)6)22(29)27-20-9-7-16(8-10-20)21(28)26-12-11-25;/h7-10,13-15H,11-12,25H2,1-6H3,(H,26,28)(H,27,29);1H. The largest absolute Gasteiger partial charge is 0.351 e. The summed E-state index contributed by atoms with van der Waals surface area (Å²) in [4.78, 5) is 24.9. The van der Waals surface area contributed by atoms with Crippen LogP contribution in [0.4, 0.5) is 5.69 Å². The number of hydrogen-bond donors (Lipinski definition) is 3. The van der Waals surface area contributed by atoms with Gasteiger partial charge in [0.25, 0.3) is 11.8 Å². The van der Waals surface area contributed by atoms with E-state index >= 15 is 0 Å². The molecule has 0 saturated carbocycles. The second-order valence-electron chi connectivity index (χ2n) is 9.38. The normalized spacial score (nSPS) is 11.4. The number of amides is 2. The van der Waals surface area contributed by atoms with E-state index in [1.54, 1.807) is 24.3 Å². The lowest BCUT2D eigenvalue weighted by molar-refractivity contribution is 0.0954. The summed E-state index contributed by atoms with van der Waals surface area (Å²) < 4.78 is 0. The summed E-state index contributed by atoms with van der Waals surface area (Å²) in [5.74, 6) is -0.344. The number of nitrogens with one attached hydrogen (secondary N) is 2. The first-order chi connectivity index (χ1) is 13.4. The summed E-state index contributed by atoms with van der Waals surface area (Å²) in [5.41, 5.74) is 9.34. The maximum Gasteiger partial charge on any atom is 0.255 e. The van der Waals surface area contributed by atoms with Crippen molar-refractivity contribution < 1.29 is 9.59 Å². The van der Waals surface area contributed by atoms with Crippen LogP contribution in [-0.4, -0.2) is 24.9 Å². The number of rotatable bonds is 5. The van der Waals surface area contributed by atoms with E-state index in [0.29, 0.717) is 29.9 Å². The lowest BCUT2D eigenvalue weighted by atomic mass is 9.79. The van der Waals surface area contributed by atoms with Gasteiger partial charge in [-0.15, -0.1) is 12.4 Å². The number of nitrogens with two attached hydrogens (primary N) is 1. The van der Waals surface area contributed by atoms with Crippen LogP contribution in [0.25, 0.3) is 0 Å². The number of hydrogen-bond acceptors (Lipinski definition) is 3. The molecule has 0 aromatic heterocycles. The summed E-state index contributed by atoms with van der Waals surface area (Å²) in [6, 6.07) is 12.9. The maximum absolute atomic E-state index is 12.9. The quantitative estimate of drug-likeness (QED) is 0.644. The summed E-state index contributed by atoms with van der Waals surface area (Å²) in [6.45, 7) is 13.7. The summed E-state index contributed by atoms with van der Waals surface area (Å²) in [5, 5.41) is 5.66. The van der Waals surface area contributed by atoms with Crippen LogP contribution in [0, 0.1) is 0 Å². The molecule has 6 heteroatoms. The average molecular weight is 432 g/mol. The molecule has 0 atom stereocenters. The van der Waals surface area contributed by atoms with Crippen LogP contribution in [0.5, 0.6) is 0 Å². The van der Waals surface area contributed by atoms with Gasteiger partial charge in [-0.25, -0.2) is 0 Å². The number of carbonyl (C=O) groups is 2. The highest BCUT2D eigenvalue weighted by Gasteiger charge is 2.22. The number of anilines is 1. The third-order valence-electron chi connectivity index (χ3n) is 4.76. The Morgan fingerprint density at radius 2 is 1.30 bits per heavy atom. The van der Waals surface area contributed by atoms with Gasteiger partial charge in [0.2, 0.25) is 0 Å². The molecule has 0 bridgehead atoms. The monoisotopic (exact) mass is 431 g/mol. The minimum absolute atomic E-state index is 0. The average Bonchev–Trinajstić information content (AvgIpc) is 2.65. The Labute approximate surface area is 186 Å². The van der Waals surface area contributed by atoms with Crippen LogP contribution in [0.15, 0.2) is 42.5 Å². The van der Waals surface area contributed by atoms with Gasteiger partial charge in [-0.1, -0.05) is 47.6 Å². The van der Waals surface area contributed by atoms with Crippen LogP contribution in [0.3, 0.4) is 0 Å². The van der Waals surface area contributed by atoms with Crippen molar-refractivity contribution in [3.63, 3.8) is 0 Å². The Morgan fingerprint density at radius 1 is 0.800 bits per heavy atom. The summed E-state index contributed by atoms with van der Waals surface area (Å²) >= 11 is 0. The smallest absolute Gasteiger partial charge is 0.255 e. The molecule has 2 aromatic rings. The van der Waals surface area contributed by atoms with Gasteiger partial charge in [-0.3, -0.25) is 9.59 Å². The van der Waals surface area contributed by atoms with Crippen molar-refractivity contribution in [3.05, 3.63) is 64.7 Å². The van der Waals surface area contributed by atoms with Gasteiger partial charge in [0, 0.05) is 29.9 Å². The summed E-state index contributed by atoms with van der Waals surface area (Å²) in [7, 11) is 0. The number of halogens is 1. The highest BCUT2D eigenvalue weighted by atomic mass is 35.5. The van der Waals surface area contributed by atoms with Gasteiger partial charge >= 0.3 is 0 Å². The van der Waals surface area contributed by atoms with E-state index in [1.807, 2.05) is 12.1 Å². The second kappa shape index (κ2) is 10.1. The molecule has 0 spiro atoms. The topological polar surface area (TPSA) is 84.2 Å². The molecule has 0 aliphatic heterocycles. The van der Waals surface area contributed by atoms with Crippen LogP contribution in [0.1, 0.15) is 73.4 Å². The minimum atomic E-state index is -0.180. The molecule has 5 nitrogen and oxygen atoms in total. The molecule has 0 aliphatic rings. The highest BCUT2D eigenvalue weighted by molar-refractivity contribution is 6.05. The molecular weight excluding hydrogens is 398 g/mol. The molecule has 0 aliphatic carbocycles. The van der Waals surface area contributed by atoms with Crippen LogP contribution in [0.2, 0.25) is 0 Å². The SMILES string of the molecule is CC(C)(C)c1cc(C(=O)Nc2ccc(C(=O)NCCN)cc2)cc(C(C)(C)C)c1.Cl. The lowest BCUT2D eigenvalue weighted by Gasteiger charge is -2.26. The third-order valence-corrected chi connectivity index (χ3v) is 4.76. The molecule has 0 fully saturated rings. The fourth-order valence-corrected chi connectivity index (χ4v) is 2.82. The van der Waals surface area contributed by atoms with Gasteiger partial charge in [0.05, 0.1) is 0 Å². The van der Waals surface area contributed by atoms with E-state index < -0.39 is 0 Å². The van der Waals surface area contributed by atoms with E-state index in [-0.39, 0.29) is 35.1 Å². The van der Waals surface area contributed by atoms with Gasteiger partial charge in [-0.2, -0.15) is 0 Å². The second-order valence-corrected chi connectivity index (χ2v) is 9.38. The Balaban J connectivity index is 0.00000450. The highest BCUT2D eigenvalue weighted by Crippen LogP contribution is 2.30. The van der Waals surface area contributed by atoms with Gasteiger partial charge < -0.3 is 16.4 Å². The first kappa shape index (κ1) is 25.7. The molecule has 30 heavy (non-hydrogen) atoms. The Bertz CT molecular complexity index is 847. The third kappa shape index (κ3) is 6.85. The molecule has 2 aromatic carbocycles. The van der Waals surface area contributed by atoms with Gasteiger partial charge in [0.1, 0.15) is 0 Å². The van der Waals surface area contributed by atoms with Crippen LogP contribution in [-0.2, 0) is 10.8 Å². The molecule has 164 valence electrons. The molecule has 0 heterocycles. The van der Waals surface area contributed by atoms with E-state index in [9.17, 15) is 9.59 Å². The fourth-order valence-electron chi connectivity index (χ4n) is 2.82. The zero-order valence-corrected chi connectivity index (χ0v) is 19.6. The molecule has 2 amide bonds. The zero-order valence-electron chi connectivity index (χ0n) is 18.8. The van der Waals surface area contributed by atoms with Gasteiger partial charge in [0.15, 0.2) is 0 Å². The molecule has 4 N–H and O–H groups in total. The Kier molecular flexibility index (Phi) is 8.64. The van der Waals surface area contributed by atoms with E-state index in [4.69, 9.17) is 5.73 Å². The van der Waals surface area contributed by atoms with E-state index in [1.165, 1.54) is 0 Å². The van der Waals surface area contributed by atoms with Crippen molar-refractivity contribution in [2.75, 3.05) is 18.4 Å². The van der Waals surface area contributed by atoms with Crippen molar-refractivity contribution in [1.82, 2.24) is 5.32 Å². The van der Waals surface area contributed by atoms with Gasteiger partial charge in [-0.05, 0) is 58.4 Å². The Hall–Kier alpha value is -2.37. The van der Waals surface area contributed by atoms with Crippen molar-refractivity contribution in [1.29, 1.82) is 0 Å². The number of carbonyl (C=O) groups excluding carboxylic acids is 2. The minimum Gasteiger partial charge on any atom is -0.351 e. The first-order valence-electron chi connectivity index (χ1n) is 9.97. The van der Waals surface area contributed by atoms with Crippen molar-refractivity contribution in [3.8, 4) is 0 Å². The molecular formula is C24H34ClN3O2. The van der Waals surface area contributed by atoms with Crippen molar-refractivity contribution >= 4 is 29.9 Å². The van der Waals surface area contributed by atoms with Crippen molar-refractivity contribution in [2.45, 2.75) is 52.4 Å². The van der Waals surface area contributed by atoms with E-state index in [2.05, 4.69) is 58.2 Å². The lowest BCUT2D eigenvalue weighted by Crippen LogP contribution is -2.28. The molecule has 2 rings (SSSR count). The zero-order chi connectivity index (χ0) is 21.8. The molecule has 0 radical (unpaired) electrons. The Morgan fingerprint density at radius 3 is 1.73 bits per heavy atom. The van der Waals surface area contributed by atoms with Crippen LogP contribution < -0.4 is 16.4 Å². The summed E-state index contributed by atoms with van der Waals surface area (Å²) in [6.07, 6.45) is 0.